The molecule has 0 saturated carbocycles. The predicted octanol–water partition coefficient (Wildman–Crippen LogP) is 2.12. The molecule has 2 aromatic heterocycles. The molecule has 102 valence electrons. The molecular formula is C12H17N5OS. The van der Waals surface area contributed by atoms with Gasteiger partial charge in [0.15, 0.2) is 0 Å². The standard InChI is InChI=1S/C12H17N5OS/c1-5-7-8(16-12(13)18)10(17(3)4)9-11(15-7)19-6(2)14-9/h5H2,1-4H3,(H3,13,16,18). The van der Waals surface area contributed by atoms with E-state index in [-0.39, 0.29) is 0 Å². The van der Waals surface area contributed by atoms with Crippen LogP contribution in [0.4, 0.5) is 16.2 Å². The largest absolute Gasteiger partial charge is 0.374 e. The SMILES string of the molecule is CCc1nc2sc(C)nc2c(N(C)C)c1NC(N)=O. The first-order valence-electron chi connectivity index (χ1n) is 5.97. The van der Waals surface area contributed by atoms with Gasteiger partial charge in [-0.2, -0.15) is 0 Å². The normalized spacial score (nSPS) is 10.7. The zero-order valence-corrected chi connectivity index (χ0v) is 12.3. The Balaban J connectivity index is 2.80. The average molecular weight is 279 g/mol. The van der Waals surface area contributed by atoms with Crippen molar-refractivity contribution in [3.8, 4) is 0 Å². The van der Waals surface area contributed by atoms with Crippen molar-refractivity contribution >= 4 is 39.1 Å². The van der Waals surface area contributed by atoms with Crippen LogP contribution in [0.1, 0.15) is 17.6 Å². The minimum Gasteiger partial charge on any atom is -0.374 e. The Hall–Kier alpha value is -1.89. The van der Waals surface area contributed by atoms with Crippen LogP contribution in [0.25, 0.3) is 10.3 Å². The summed E-state index contributed by atoms with van der Waals surface area (Å²) >= 11 is 1.55. The highest BCUT2D eigenvalue weighted by Gasteiger charge is 2.19. The minimum atomic E-state index is -0.592. The first-order valence-corrected chi connectivity index (χ1v) is 6.79. The molecule has 2 rings (SSSR count). The van der Waals surface area contributed by atoms with Gasteiger partial charge in [-0.15, -0.1) is 0 Å². The average Bonchev–Trinajstić information content (AvgIpc) is 2.66. The highest BCUT2D eigenvalue weighted by Crippen LogP contribution is 2.36. The quantitative estimate of drug-likeness (QED) is 0.901. The number of aryl methyl sites for hydroxylation is 2. The summed E-state index contributed by atoms with van der Waals surface area (Å²) in [6, 6.07) is -0.592. The van der Waals surface area contributed by atoms with Gasteiger partial charge >= 0.3 is 6.03 Å². The van der Waals surface area contributed by atoms with Gasteiger partial charge in [0.25, 0.3) is 0 Å². The summed E-state index contributed by atoms with van der Waals surface area (Å²) in [5.74, 6) is 0. The van der Waals surface area contributed by atoms with Crippen molar-refractivity contribution in [1.82, 2.24) is 9.97 Å². The second kappa shape index (κ2) is 5.00. The van der Waals surface area contributed by atoms with Gasteiger partial charge in [-0.05, 0) is 13.3 Å². The highest BCUT2D eigenvalue weighted by molar-refractivity contribution is 7.18. The molecule has 19 heavy (non-hydrogen) atoms. The van der Waals surface area contributed by atoms with Crippen molar-refractivity contribution in [2.45, 2.75) is 20.3 Å². The van der Waals surface area contributed by atoms with Crippen LogP contribution in [0.5, 0.6) is 0 Å². The number of anilines is 2. The molecule has 0 saturated heterocycles. The number of hydrogen-bond donors (Lipinski definition) is 2. The molecule has 2 heterocycles. The van der Waals surface area contributed by atoms with E-state index in [0.29, 0.717) is 12.1 Å². The summed E-state index contributed by atoms with van der Waals surface area (Å²) in [6.45, 7) is 3.94. The number of rotatable bonds is 3. The molecule has 3 N–H and O–H groups in total. The van der Waals surface area contributed by atoms with E-state index in [1.807, 2.05) is 32.8 Å². The molecule has 2 aromatic rings. The van der Waals surface area contributed by atoms with Gasteiger partial charge in [-0.3, -0.25) is 0 Å². The van der Waals surface area contributed by atoms with E-state index in [4.69, 9.17) is 5.73 Å². The van der Waals surface area contributed by atoms with Crippen LogP contribution in [0, 0.1) is 6.92 Å². The lowest BCUT2D eigenvalue weighted by molar-refractivity contribution is 0.259. The predicted molar refractivity (Wildman–Crippen MR) is 79.1 cm³/mol. The number of amides is 2. The van der Waals surface area contributed by atoms with Crippen molar-refractivity contribution in [3.63, 3.8) is 0 Å². The van der Waals surface area contributed by atoms with Crippen molar-refractivity contribution in [1.29, 1.82) is 0 Å². The molecule has 0 bridgehead atoms. The monoisotopic (exact) mass is 279 g/mol. The summed E-state index contributed by atoms with van der Waals surface area (Å²) in [5.41, 5.74) is 8.37. The molecule has 0 aliphatic carbocycles. The van der Waals surface area contributed by atoms with Gasteiger partial charge in [0.1, 0.15) is 10.3 Å². The van der Waals surface area contributed by atoms with Crippen LogP contribution in [-0.4, -0.2) is 30.1 Å². The lowest BCUT2D eigenvalue weighted by Gasteiger charge is -2.20. The number of carbonyl (C=O) groups is 1. The molecule has 2 amide bonds. The third-order valence-corrected chi connectivity index (χ3v) is 3.60. The van der Waals surface area contributed by atoms with E-state index in [2.05, 4.69) is 15.3 Å². The molecule has 0 aliphatic rings. The first kappa shape index (κ1) is 13.5. The fraction of sp³-hybridized carbons (Fsp3) is 0.417. The summed E-state index contributed by atoms with van der Waals surface area (Å²) in [4.78, 5) is 23.1. The van der Waals surface area contributed by atoms with Crippen LogP contribution >= 0.6 is 11.3 Å². The summed E-state index contributed by atoms with van der Waals surface area (Å²) in [5, 5.41) is 3.62. The Morgan fingerprint density at radius 2 is 2.11 bits per heavy atom. The zero-order chi connectivity index (χ0) is 14.2. The van der Waals surface area contributed by atoms with E-state index in [1.54, 1.807) is 11.3 Å². The molecule has 7 heteroatoms. The number of fused-ring (bicyclic) bond motifs is 1. The van der Waals surface area contributed by atoms with E-state index < -0.39 is 6.03 Å². The van der Waals surface area contributed by atoms with Gasteiger partial charge in [-0.1, -0.05) is 18.3 Å². The second-order valence-corrected chi connectivity index (χ2v) is 5.59. The van der Waals surface area contributed by atoms with Crippen molar-refractivity contribution in [3.05, 3.63) is 10.7 Å². The third-order valence-electron chi connectivity index (χ3n) is 2.73. The van der Waals surface area contributed by atoms with Gasteiger partial charge in [0.05, 0.1) is 22.1 Å². The fourth-order valence-electron chi connectivity index (χ4n) is 2.03. The van der Waals surface area contributed by atoms with Gasteiger partial charge < -0.3 is 16.0 Å². The number of nitrogens with zero attached hydrogens (tertiary/aromatic N) is 3. The number of hydrogen-bond acceptors (Lipinski definition) is 5. The minimum absolute atomic E-state index is 0.592. The molecule has 0 unspecified atom stereocenters. The van der Waals surface area contributed by atoms with Gasteiger partial charge in [0.2, 0.25) is 0 Å². The third kappa shape index (κ3) is 2.46. The van der Waals surface area contributed by atoms with Crippen LogP contribution < -0.4 is 16.0 Å². The molecule has 0 spiro atoms. The van der Waals surface area contributed by atoms with Crippen molar-refractivity contribution < 1.29 is 4.79 Å². The lowest BCUT2D eigenvalue weighted by Crippen LogP contribution is -2.23. The van der Waals surface area contributed by atoms with Gasteiger partial charge in [0, 0.05) is 14.1 Å². The van der Waals surface area contributed by atoms with Crippen LogP contribution in [0.2, 0.25) is 0 Å². The Bertz CT molecular complexity index is 635. The van der Waals surface area contributed by atoms with E-state index in [9.17, 15) is 4.79 Å². The lowest BCUT2D eigenvalue weighted by atomic mass is 10.2. The molecule has 6 nitrogen and oxygen atoms in total. The summed E-state index contributed by atoms with van der Waals surface area (Å²) < 4.78 is 0. The maximum atomic E-state index is 11.2. The molecule has 0 radical (unpaired) electrons. The number of primary amides is 1. The Labute approximate surface area is 115 Å². The van der Waals surface area contributed by atoms with Crippen LogP contribution in [0.15, 0.2) is 0 Å². The number of nitrogens with two attached hydrogens (primary N) is 1. The number of aromatic nitrogens is 2. The molecule has 0 aromatic carbocycles. The number of pyridine rings is 1. The molecular weight excluding hydrogens is 262 g/mol. The number of thiazole rings is 1. The highest BCUT2D eigenvalue weighted by atomic mass is 32.1. The number of nitrogens with one attached hydrogen (secondary N) is 1. The van der Waals surface area contributed by atoms with Crippen molar-refractivity contribution in [2.75, 3.05) is 24.3 Å². The topological polar surface area (TPSA) is 84.1 Å². The summed E-state index contributed by atoms with van der Waals surface area (Å²) in [7, 11) is 3.82. The van der Waals surface area contributed by atoms with E-state index >= 15 is 0 Å². The Kier molecular flexibility index (Phi) is 3.57. The van der Waals surface area contributed by atoms with E-state index in [1.165, 1.54) is 0 Å². The fourth-order valence-corrected chi connectivity index (χ4v) is 2.84. The smallest absolute Gasteiger partial charge is 0.316 e. The van der Waals surface area contributed by atoms with Crippen molar-refractivity contribution in [2.24, 2.45) is 5.73 Å². The second-order valence-electron chi connectivity index (χ2n) is 4.41. The van der Waals surface area contributed by atoms with E-state index in [0.717, 1.165) is 26.7 Å². The maximum Gasteiger partial charge on any atom is 0.316 e. The Morgan fingerprint density at radius 3 is 2.63 bits per heavy atom. The number of carbonyl (C=O) groups excluding carboxylic acids is 1. The number of urea groups is 1. The molecule has 0 atom stereocenters. The molecule has 0 fully saturated rings. The van der Waals surface area contributed by atoms with Gasteiger partial charge in [-0.25, -0.2) is 14.8 Å². The first-order chi connectivity index (χ1) is 8.93. The summed E-state index contributed by atoms with van der Waals surface area (Å²) in [6.07, 6.45) is 0.712. The van der Waals surface area contributed by atoms with Crippen LogP contribution in [-0.2, 0) is 6.42 Å². The molecule has 0 aliphatic heterocycles. The zero-order valence-electron chi connectivity index (χ0n) is 11.4. The van der Waals surface area contributed by atoms with Crippen LogP contribution in [0.3, 0.4) is 0 Å². The maximum absolute atomic E-state index is 11.2. The Morgan fingerprint density at radius 1 is 1.42 bits per heavy atom.